The Morgan fingerprint density at radius 1 is 1.10 bits per heavy atom. The van der Waals surface area contributed by atoms with Crippen LogP contribution in [0.1, 0.15) is 45.1 Å². The van der Waals surface area contributed by atoms with Crippen molar-refractivity contribution < 1.29 is 4.79 Å². The molecule has 7 heteroatoms. The molecule has 0 N–H and O–H groups in total. The second kappa shape index (κ2) is 7.85. The average molecular weight is 435 g/mol. The highest BCUT2D eigenvalue weighted by Gasteiger charge is 2.29. The number of carbonyl (C=O) groups excluding carboxylic acids is 1. The Bertz CT molecular complexity index is 1230. The minimum atomic E-state index is 0.113. The van der Waals surface area contributed by atoms with E-state index in [1.165, 1.54) is 11.1 Å². The lowest BCUT2D eigenvalue weighted by atomic mass is 9.82. The van der Waals surface area contributed by atoms with Crippen LogP contribution in [0, 0.1) is 6.92 Å². The van der Waals surface area contributed by atoms with E-state index in [9.17, 15) is 4.79 Å². The molecule has 4 aromatic rings. The normalized spacial score (nSPS) is 16.1. The molecule has 5 rings (SSSR count). The van der Waals surface area contributed by atoms with E-state index in [-0.39, 0.29) is 11.7 Å². The van der Waals surface area contributed by atoms with Crippen LogP contribution in [0.2, 0.25) is 5.02 Å². The Hall–Kier alpha value is -2.70. The highest BCUT2D eigenvalue weighted by molar-refractivity contribution is 7.98. The highest BCUT2D eigenvalue weighted by Crippen LogP contribution is 2.33. The zero-order valence-electron chi connectivity index (χ0n) is 16.4. The van der Waals surface area contributed by atoms with Gasteiger partial charge in [-0.25, -0.2) is 4.98 Å². The van der Waals surface area contributed by atoms with Gasteiger partial charge in [-0.1, -0.05) is 65.3 Å². The molecule has 0 saturated heterocycles. The number of fused-ring (bicyclic) bond motifs is 3. The van der Waals surface area contributed by atoms with Crippen molar-refractivity contribution in [3.8, 4) is 0 Å². The van der Waals surface area contributed by atoms with Crippen LogP contribution in [0.15, 0.2) is 59.9 Å². The first-order valence-corrected chi connectivity index (χ1v) is 11.1. The second-order valence-corrected chi connectivity index (χ2v) is 8.96. The van der Waals surface area contributed by atoms with Gasteiger partial charge in [0.1, 0.15) is 0 Å². The molecule has 30 heavy (non-hydrogen) atoms. The molecule has 1 atom stereocenters. The van der Waals surface area contributed by atoms with Crippen LogP contribution in [0.25, 0.3) is 5.78 Å². The molecule has 0 aliphatic heterocycles. The summed E-state index contributed by atoms with van der Waals surface area (Å²) in [6.45, 7) is 2.07. The van der Waals surface area contributed by atoms with Crippen molar-refractivity contribution in [2.75, 3.05) is 0 Å². The van der Waals surface area contributed by atoms with Gasteiger partial charge in [0.15, 0.2) is 5.78 Å². The third-order valence-electron chi connectivity index (χ3n) is 5.45. The fourth-order valence-electron chi connectivity index (χ4n) is 3.79. The minimum Gasteiger partial charge on any atom is -0.294 e. The maximum absolute atomic E-state index is 12.8. The summed E-state index contributed by atoms with van der Waals surface area (Å²) >= 11 is 7.50. The van der Waals surface area contributed by atoms with Crippen molar-refractivity contribution in [3.63, 3.8) is 0 Å². The molecule has 150 valence electrons. The predicted octanol–water partition coefficient (Wildman–Crippen LogP) is 5.29. The molecular formula is C23H19ClN4OS. The SMILES string of the molecule is Cc1ccc(C2CC(=O)c3cnc4nc(SCc5ccc(Cl)cc5)nn4c3C2)cc1. The van der Waals surface area contributed by atoms with E-state index < -0.39 is 0 Å². The van der Waals surface area contributed by atoms with E-state index in [0.29, 0.717) is 22.9 Å². The van der Waals surface area contributed by atoms with Crippen molar-refractivity contribution >= 4 is 34.9 Å². The van der Waals surface area contributed by atoms with Crippen LogP contribution in [0.4, 0.5) is 0 Å². The summed E-state index contributed by atoms with van der Waals surface area (Å²) in [5.74, 6) is 1.53. The fraction of sp³-hybridized carbons (Fsp3) is 0.217. The standard InChI is InChI=1S/C23H19ClN4OS/c1-14-2-6-16(7-3-14)17-10-20-19(21(29)11-17)12-25-22-26-23(27-28(20)22)30-13-15-4-8-18(24)9-5-15/h2-9,12,17H,10-11,13H2,1H3. The van der Waals surface area contributed by atoms with Gasteiger partial charge in [-0.2, -0.15) is 9.50 Å². The second-order valence-electron chi connectivity index (χ2n) is 7.58. The molecule has 0 saturated carbocycles. The number of aromatic nitrogens is 4. The first kappa shape index (κ1) is 19.3. The first-order chi connectivity index (χ1) is 14.6. The maximum Gasteiger partial charge on any atom is 0.253 e. The monoisotopic (exact) mass is 434 g/mol. The van der Waals surface area contributed by atoms with Crippen LogP contribution in [-0.4, -0.2) is 25.4 Å². The van der Waals surface area contributed by atoms with Crippen molar-refractivity contribution in [1.29, 1.82) is 0 Å². The number of hydrogen-bond donors (Lipinski definition) is 0. The minimum absolute atomic E-state index is 0.113. The highest BCUT2D eigenvalue weighted by atomic mass is 35.5. The molecule has 0 spiro atoms. The quantitative estimate of drug-likeness (QED) is 0.408. The number of hydrogen-bond acceptors (Lipinski definition) is 5. The predicted molar refractivity (Wildman–Crippen MR) is 118 cm³/mol. The molecule has 5 nitrogen and oxygen atoms in total. The Kier molecular flexibility index (Phi) is 5.05. The summed E-state index contributed by atoms with van der Waals surface area (Å²) in [5.41, 5.74) is 5.10. The third kappa shape index (κ3) is 3.73. The summed E-state index contributed by atoms with van der Waals surface area (Å²) in [6, 6.07) is 16.2. The molecule has 2 aromatic carbocycles. The van der Waals surface area contributed by atoms with Crippen molar-refractivity contribution in [2.45, 2.75) is 36.6 Å². The van der Waals surface area contributed by atoms with Gasteiger partial charge in [0.2, 0.25) is 5.16 Å². The van der Waals surface area contributed by atoms with Gasteiger partial charge in [-0.05, 0) is 42.5 Å². The van der Waals surface area contributed by atoms with Crippen LogP contribution >= 0.6 is 23.4 Å². The van der Waals surface area contributed by atoms with Gasteiger partial charge in [-0.3, -0.25) is 4.79 Å². The third-order valence-corrected chi connectivity index (χ3v) is 6.61. The Labute approximate surface area is 183 Å². The molecule has 0 bridgehead atoms. The smallest absolute Gasteiger partial charge is 0.253 e. The topological polar surface area (TPSA) is 60.2 Å². The summed E-state index contributed by atoms with van der Waals surface area (Å²) in [4.78, 5) is 21.7. The van der Waals surface area contributed by atoms with Crippen LogP contribution < -0.4 is 0 Å². The molecule has 1 unspecified atom stereocenters. The Balaban J connectivity index is 1.44. The van der Waals surface area contributed by atoms with Gasteiger partial charge >= 0.3 is 0 Å². The first-order valence-electron chi connectivity index (χ1n) is 9.78. The van der Waals surface area contributed by atoms with Gasteiger partial charge in [0.05, 0.1) is 11.3 Å². The molecule has 2 aromatic heterocycles. The molecule has 0 fully saturated rings. The summed E-state index contributed by atoms with van der Waals surface area (Å²) in [6.07, 6.45) is 2.89. The van der Waals surface area contributed by atoms with E-state index in [4.69, 9.17) is 11.6 Å². The van der Waals surface area contributed by atoms with Crippen LogP contribution in [0.5, 0.6) is 0 Å². The van der Waals surface area contributed by atoms with Crippen molar-refractivity contribution in [3.05, 3.63) is 87.7 Å². The average Bonchev–Trinajstić information content (AvgIpc) is 3.17. The Morgan fingerprint density at radius 2 is 1.87 bits per heavy atom. The number of thioether (sulfide) groups is 1. The number of carbonyl (C=O) groups is 1. The zero-order chi connectivity index (χ0) is 20.7. The largest absolute Gasteiger partial charge is 0.294 e. The van der Waals surface area contributed by atoms with Gasteiger partial charge in [0.25, 0.3) is 5.78 Å². The van der Waals surface area contributed by atoms with E-state index in [2.05, 4.69) is 46.3 Å². The molecule has 1 aliphatic rings. The Morgan fingerprint density at radius 3 is 2.63 bits per heavy atom. The lowest BCUT2D eigenvalue weighted by Gasteiger charge is -2.23. The number of nitrogens with zero attached hydrogens (tertiary/aromatic N) is 4. The maximum atomic E-state index is 12.8. The number of Topliss-reactive ketones (excluding diaryl/α,β-unsaturated/α-hetero) is 1. The lowest BCUT2D eigenvalue weighted by molar-refractivity contribution is 0.0962. The summed E-state index contributed by atoms with van der Waals surface area (Å²) < 4.78 is 1.75. The van der Waals surface area contributed by atoms with E-state index in [0.717, 1.165) is 28.5 Å². The number of aryl methyl sites for hydroxylation is 1. The number of ketones is 1. The zero-order valence-corrected chi connectivity index (χ0v) is 18.0. The van der Waals surface area contributed by atoms with Crippen molar-refractivity contribution in [2.24, 2.45) is 0 Å². The molecule has 1 aliphatic carbocycles. The number of rotatable bonds is 4. The van der Waals surface area contributed by atoms with Gasteiger partial charge < -0.3 is 0 Å². The molecule has 0 radical (unpaired) electrons. The molecule has 0 amide bonds. The number of halogens is 1. The van der Waals surface area contributed by atoms with E-state index >= 15 is 0 Å². The van der Waals surface area contributed by atoms with Crippen LogP contribution in [0.3, 0.4) is 0 Å². The van der Waals surface area contributed by atoms with E-state index in [1.807, 2.05) is 24.3 Å². The molecule has 2 heterocycles. The van der Waals surface area contributed by atoms with Gasteiger partial charge in [-0.15, -0.1) is 5.10 Å². The molecular weight excluding hydrogens is 416 g/mol. The fourth-order valence-corrected chi connectivity index (χ4v) is 4.69. The van der Waals surface area contributed by atoms with E-state index in [1.54, 1.807) is 22.5 Å². The van der Waals surface area contributed by atoms with Crippen molar-refractivity contribution in [1.82, 2.24) is 19.6 Å². The van der Waals surface area contributed by atoms with Crippen LogP contribution in [-0.2, 0) is 12.2 Å². The van der Waals surface area contributed by atoms with Gasteiger partial charge in [0, 0.05) is 23.4 Å². The summed E-state index contributed by atoms with van der Waals surface area (Å²) in [5, 5.41) is 6.03. The summed E-state index contributed by atoms with van der Waals surface area (Å²) in [7, 11) is 0. The number of benzene rings is 2. The lowest BCUT2D eigenvalue weighted by Crippen LogP contribution is -2.22.